The molecule has 0 aliphatic carbocycles. The average molecular weight is 592 g/mol. The number of nitrogens with zero attached hydrogens (tertiary/aromatic N) is 3. The maximum Gasteiger partial charge on any atom is 0.271 e. The van der Waals surface area contributed by atoms with Crippen LogP contribution in [0.3, 0.4) is 0 Å². The third-order valence-electron chi connectivity index (χ3n) is 4.99. The molecule has 5 heteroatoms. The van der Waals surface area contributed by atoms with Gasteiger partial charge in [-0.3, -0.25) is 4.79 Å². The fourth-order valence-corrected chi connectivity index (χ4v) is 3.53. The fraction of sp³-hybridized carbons (Fsp3) is 0. The second kappa shape index (κ2) is 9.65. The predicted molar refractivity (Wildman–Crippen MR) is 124 cm³/mol. The Bertz CT molecular complexity index is 1510. The van der Waals surface area contributed by atoms with Crippen molar-refractivity contribution in [3.8, 4) is 11.3 Å². The van der Waals surface area contributed by atoms with Crippen LogP contribution < -0.4 is 5.56 Å². The molecule has 0 unspecified atom stereocenters. The topological polar surface area (TPSA) is 47.3 Å². The van der Waals surface area contributed by atoms with E-state index in [0.29, 0.717) is 11.0 Å². The number of fused-ring (bicyclic) bond motifs is 5. The van der Waals surface area contributed by atoms with Gasteiger partial charge >= 0.3 is 0 Å². The number of hydrogen-bond acceptors (Lipinski definition) is 3. The molecule has 32 heavy (non-hydrogen) atoms. The first-order valence-corrected chi connectivity index (χ1v) is 9.90. The zero-order chi connectivity index (χ0) is 21.0. The van der Waals surface area contributed by atoms with Crippen molar-refractivity contribution in [3.63, 3.8) is 0 Å². The summed E-state index contributed by atoms with van der Waals surface area (Å²) >= 11 is 0. The molecule has 0 amide bonds. The van der Waals surface area contributed by atoms with Gasteiger partial charge in [-0.25, -0.2) is 4.98 Å². The predicted octanol–water partition coefficient (Wildman–Crippen LogP) is 5.35. The van der Waals surface area contributed by atoms with Crippen molar-refractivity contribution in [2.75, 3.05) is 0 Å². The van der Waals surface area contributed by atoms with E-state index in [2.05, 4.69) is 22.1 Å². The van der Waals surface area contributed by atoms with E-state index in [-0.39, 0.29) is 25.7 Å². The third kappa shape index (κ3) is 4.22. The molecular formula is C27H17IrN3O-2. The van der Waals surface area contributed by atoms with E-state index < -0.39 is 0 Å². The van der Waals surface area contributed by atoms with Gasteiger partial charge in [-0.15, -0.1) is 70.9 Å². The minimum absolute atomic E-state index is 0. The molecule has 0 atom stereocenters. The number of benzene rings is 3. The first-order chi connectivity index (χ1) is 15.3. The summed E-state index contributed by atoms with van der Waals surface area (Å²) in [5.41, 5.74) is 3.34. The number of rotatable bonds is 1. The average Bonchev–Trinajstić information content (AvgIpc) is 2.86. The Morgan fingerprint density at radius 1 is 0.781 bits per heavy atom. The number of aromatic nitrogens is 3. The van der Waals surface area contributed by atoms with Crippen LogP contribution in [0.25, 0.3) is 38.6 Å². The van der Waals surface area contributed by atoms with Gasteiger partial charge in [-0.2, -0.15) is 0 Å². The molecule has 3 aromatic heterocycles. The molecule has 6 rings (SSSR count). The molecule has 3 aromatic carbocycles. The summed E-state index contributed by atoms with van der Waals surface area (Å²) in [6.45, 7) is 0. The zero-order valence-corrected chi connectivity index (χ0v) is 19.3. The van der Waals surface area contributed by atoms with Crippen LogP contribution in [-0.4, -0.2) is 14.4 Å². The largest absolute Gasteiger partial charge is 0.341 e. The number of pyridine rings is 2. The monoisotopic (exact) mass is 592 g/mol. The van der Waals surface area contributed by atoms with Crippen molar-refractivity contribution in [2.45, 2.75) is 0 Å². The molecule has 0 bridgehead atoms. The van der Waals surface area contributed by atoms with Crippen LogP contribution in [0.4, 0.5) is 0 Å². The maximum absolute atomic E-state index is 12.1. The van der Waals surface area contributed by atoms with E-state index in [1.54, 1.807) is 12.3 Å². The molecule has 3 heterocycles. The van der Waals surface area contributed by atoms with Crippen molar-refractivity contribution in [2.24, 2.45) is 0 Å². The second-order valence-electron chi connectivity index (χ2n) is 6.94. The van der Waals surface area contributed by atoms with Crippen LogP contribution in [0.15, 0.2) is 108 Å². The summed E-state index contributed by atoms with van der Waals surface area (Å²) < 4.78 is 1.94. The van der Waals surface area contributed by atoms with Crippen LogP contribution in [-0.2, 0) is 20.1 Å². The molecule has 0 aliphatic rings. The van der Waals surface area contributed by atoms with Crippen molar-refractivity contribution < 1.29 is 20.1 Å². The van der Waals surface area contributed by atoms with Gasteiger partial charge in [-0.05, 0) is 30.1 Å². The third-order valence-corrected chi connectivity index (χ3v) is 4.99. The van der Waals surface area contributed by atoms with Gasteiger partial charge in [0.05, 0.1) is 16.6 Å². The van der Waals surface area contributed by atoms with Gasteiger partial charge in [0.2, 0.25) is 0 Å². The van der Waals surface area contributed by atoms with Crippen molar-refractivity contribution in [3.05, 3.63) is 126 Å². The minimum atomic E-state index is -0.194. The normalized spacial score (nSPS) is 10.4. The van der Waals surface area contributed by atoms with Crippen LogP contribution >= 0.6 is 0 Å². The summed E-state index contributed by atoms with van der Waals surface area (Å²) in [7, 11) is 0. The Labute approximate surface area is 198 Å². The fourth-order valence-electron chi connectivity index (χ4n) is 3.53. The summed E-state index contributed by atoms with van der Waals surface area (Å²) in [5, 5.41) is 2.54. The van der Waals surface area contributed by atoms with Crippen molar-refractivity contribution >= 4 is 27.3 Å². The summed E-state index contributed by atoms with van der Waals surface area (Å²) in [4.78, 5) is 20.5. The van der Waals surface area contributed by atoms with Gasteiger partial charge in [0, 0.05) is 26.3 Å². The Balaban J connectivity index is 0.000000164. The Morgan fingerprint density at radius 3 is 2.41 bits per heavy atom. The van der Waals surface area contributed by atoms with E-state index in [1.807, 2.05) is 95.5 Å². The van der Waals surface area contributed by atoms with Crippen LogP contribution in [0, 0.1) is 12.1 Å². The van der Waals surface area contributed by atoms with Gasteiger partial charge in [0.25, 0.3) is 5.56 Å². The van der Waals surface area contributed by atoms with E-state index in [4.69, 9.17) is 0 Å². The molecule has 4 nitrogen and oxygen atoms in total. The zero-order valence-electron chi connectivity index (χ0n) is 16.9. The maximum atomic E-state index is 12.1. The molecule has 6 aromatic rings. The molecule has 0 spiro atoms. The molecule has 0 saturated heterocycles. The van der Waals surface area contributed by atoms with Gasteiger partial charge < -0.3 is 9.38 Å². The molecule has 0 aliphatic heterocycles. The smallest absolute Gasteiger partial charge is 0.271 e. The van der Waals surface area contributed by atoms with E-state index in [9.17, 15) is 4.79 Å². The summed E-state index contributed by atoms with van der Waals surface area (Å²) in [6, 6.07) is 35.3. The van der Waals surface area contributed by atoms with E-state index in [0.717, 1.165) is 27.5 Å². The number of hydrogen-bond donors (Lipinski definition) is 0. The van der Waals surface area contributed by atoms with Crippen LogP contribution in [0.2, 0.25) is 0 Å². The van der Waals surface area contributed by atoms with Crippen molar-refractivity contribution in [1.82, 2.24) is 14.4 Å². The quantitative estimate of drug-likeness (QED) is 0.192. The van der Waals surface area contributed by atoms with Crippen LogP contribution in [0.1, 0.15) is 0 Å². The van der Waals surface area contributed by atoms with Gasteiger partial charge in [0.15, 0.2) is 0 Å². The second-order valence-corrected chi connectivity index (χ2v) is 6.94. The Kier molecular flexibility index (Phi) is 6.50. The molecule has 157 valence electrons. The number of para-hydroxylation sites is 1. The summed E-state index contributed by atoms with van der Waals surface area (Å²) in [5.74, 6) is 0. The molecule has 1 radical (unpaired) electrons. The molecule has 0 N–H and O–H groups in total. The van der Waals surface area contributed by atoms with Crippen LogP contribution in [0.5, 0.6) is 0 Å². The SMILES string of the molecule is O=c1nc2c3[c-]cccc3ccn2c2ccccc12.[Ir].[c-]1ccccc1-c1ccccn1. The first kappa shape index (κ1) is 21.6. The van der Waals surface area contributed by atoms with Crippen molar-refractivity contribution in [1.29, 1.82) is 0 Å². The van der Waals surface area contributed by atoms with E-state index in [1.165, 1.54) is 0 Å². The summed E-state index contributed by atoms with van der Waals surface area (Å²) in [6.07, 6.45) is 3.73. The Morgan fingerprint density at radius 2 is 1.59 bits per heavy atom. The molecule has 0 fully saturated rings. The standard InChI is InChI=1S/C16H9N2O.C11H8N.Ir/c19-16-13-7-3-4-8-14(13)18-10-9-11-5-1-2-6-12(11)15(18)17-16;1-2-6-10(7-3-1)11-8-4-5-9-12-11;/h1-5,7-10H;1-6,8-9H;/q2*-1;. The first-order valence-electron chi connectivity index (χ1n) is 9.90. The molecular weight excluding hydrogens is 575 g/mol. The Hall–Kier alpha value is -3.66. The van der Waals surface area contributed by atoms with Gasteiger partial charge in [0.1, 0.15) is 0 Å². The minimum Gasteiger partial charge on any atom is -0.341 e. The van der Waals surface area contributed by atoms with E-state index >= 15 is 0 Å². The molecule has 0 saturated carbocycles. The van der Waals surface area contributed by atoms with Gasteiger partial charge in [-0.1, -0.05) is 30.3 Å².